The van der Waals surface area contributed by atoms with Crippen molar-refractivity contribution in [3.63, 3.8) is 0 Å². The molecule has 0 aromatic heterocycles. The van der Waals surface area contributed by atoms with Gasteiger partial charge in [0.2, 0.25) is 5.91 Å². The Bertz CT molecular complexity index is 1990. The number of carbonyl (C=O) groups is 1. The SMILES string of the molecule is CC/C=C\C/C=C\C/C=C\C/C=C\C/C=C\CCCCCCCCCCCCCCCCCCCCCCCCCCCC(=O)NC(COC1OC(CO)C(OC2OC(CO)C(O)C(O)C2O)C(O)C1O)C(O)/C=C/CC/C=C/CCCCCCCCCCCCCCCCCCCC. The summed E-state index contributed by atoms with van der Waals surface area (Å²) < 4.78 is 22.9. The minimum Gasteiger partial charge on any atom is -0.394 e. The number of hydrogen-bond acceptors (Lipinski definition) is 13. The van der Waals surface area contributed by atoms with Crippen LogP contribution in [0.25, 0.3) is 0 Å². The second-order valence-electron chi connectivity index (χ2n) is 28.9. The van der Waals surface area contributed by atoms with Gasteiger partial charge in [0.1, 0.15) is 48.8 Å². The van der Waals surface area contributed by atoms with Gasteiger partial charge < -0.3 is 65.1 Å². The van der Waals surface area contributed by atoms with E-state index in [4.69, 9.17) is 18.9 Å². The fourth-order valence-corrected chi connectivity index (χ4v) is 13.3. The molecule has 2 fully saturated rings. The van der Waals surface area contributed by atoms with Crippen molar-refractivity contribution in [1.82, 2.24) is 5.32 Å². The van der Waals surface area contributed by atoms with Crippen LogP contribution in [0.1, 0.15) is 354 Å². The van der Waals surface area contributed by atoms with E-state index in [2.05, 4.69) is 92.1 Å². The van der Waals surface area contributed by atoms with Crippen molar-refractivity contribution < 1.29 is 64.6 Å². The molecule has 0 aromatic carbocycles. The molecule has 14 nitrogen and oxygen atoms in total. The van der Waals surface area contributed by atoms with Gasteiger partial charge in [-0.2, -0.15) is 0 Å². The van der Waals surface area contributed by atoms with Crippen LogP contribution in [-0.2, 0) is 23.7 Å². The molecule has 0 bridgehead atoms. The predicted octanol–water partition coefficient (Wildman–Crippen LogP) is 19.1. The quantitative estimate of drug-likeness (QED) is 0.0204. The highest BCUT2D eigenvalue weighted by Gasteiger charge is 2.51. The molecule has 2 aliphatic rings. The molecule has 0 radical (unpaired) electrons. The maximum Gasteiger partial charge on any atom is 0.220 e. The van der Waals surface area contributed by atoms with Crippen LogP contribution in [0.2, 0.25) is 0 Å². The third kappa shape index (κ3) is 51.1. The van der Waals surface area contributed by atoms with Gasteiger partial charge in [-0.05, 0) is 77.0 Å². The van der Waals surface area contributed by atoms with Gasteiger partial charge in [-0.25, -0.2) is 0 Å². The molecule has 0 spiro atoms. The Hall–Kier alpha value is -2.83. The number of amides is 1. The van der Waals surface area contributed by atoms with Crippen LogP contribution in [0.3, 0.4) is 0 Å². The number of aliphatic hydroxyl groups is 8. The van der Waals surface area contributed by atoms with Gasteiger partial charge in [-0.1, -0.05) is 356 Å². The average Bonchev–Trinajstić information content (AvgIpc) is 0.799. The van der Waals surface area contributed by atoms with E-state index in [0.29, 0.717) is 12.8 Å². The third-order valence-electron chi connectivity index (χ3n) is 19.8. The zero-order chi connectivity index (χ0) is 71.5. The number of unbranched alkanes of at least 4 members (excludes halogenated alkanes) is 44. The lowest BCUT2D eigenvalue weighted by molar-refractivity contribution is -0.359. The summed E-state index contributed by atoms with van der Waals surface area (Å²) in [6.07, 6.45) is 79.7. The first-order chi connectivity index (χ1) is 48.6. The maximum atomic E-state index is 13.4. The molecule has 2 rings (SSSR count). The number of ether oxygens (including phenoxy) is 4. The van der Waals surface area contributed by atoms with E-state index < -0.39 is 86.8 Å². The Balaban J connectivity index is 1.57. The molecule has 0 aromatic rings. The van der Waals surface area contributed by atoms with Gasteiger partial charge in [0.05, 0.1) is 32.0 Å². The summed E-state index contributed by atoms with van der Waals surface area (Å²) in [6, 6.07) is -0.934. The highest BCUT2D eigenvalue weighted by molar-refractivity contribution is 5.76. The highest BCUT2D eigenvalue weighted by Crippen LogP contribution is 2.30. The zero-order valence-corrected chi connectivity index (χ0v) is 63.2. The number of allylic oxidation sites excluding steroid dienone is 13. The van der Waals surface area contributed by atoms with Crippen molar-refractivity contribution in [2.24, 2.45) is 0 Å². The fourth-order valence-electron chi connectivity index (χ4n) is 13.3. The van der Waals surface area contributed by atoms with Crippen LogP contribution in [0.4, 0.5) is 0 Å². The normalized spacial score (nSPS) is 22.4. The Morgan fingerprint density at radius 3 is 1.11 bits per heavy atom. The Morgan fingerprint density at radius 1 is 0.374 bits per heavy atom. The van der Waals surface area contributed by atoms with Gasteiger partial charge in [0, 0.05) is 6.42 Å². The van der Waals surface area contributed by atoms with Gasteiger partial charge >= 0.3 is 0 Å². The van der Waals surface area contributed by atoms with Crippen LogP contribution < -0.4 is 5.32 Å². The van der Waals surface area contributed by atoms with Crippen LogP contribution >= 0.6 is 0 Å². The molecule has 2 aliphatic heterocycles. The second kappa shape index (κ2) is 68.3. The van der Waals surface area contributed by atoms with Gasteiger partial charge in [0.25, 0.3) is 0 Å². The molecule has 0 saturated carbocycles. The molecule has 0 aliphatic carbocycles. The molecular formula is C85H153NO13. The van der Waals surface area contributed by atoms with Crippen molar-refractivity contribution in [2.75, 3.05) is 19.8 Å². The molecule has 9 N–H and O–H groups in total. The summed E-state index contributed by atoms with van der Waals surface area (Å²) in [5.74, 6) is -0.243. The number of aliphatic hydroxyl groups excluding tert-OH is 8. The number of carbonyl (C=O) groups excluding carboxylic acids is 1. The summed E-state index contributed by atoms with van der Waals surface area (Å²) in [5, 5.41) is 87.7. The van der Waals surface area contributed by atoms with E-state index in [1.54, 1.807) is 6.08 Å². The average molecular weight is 1400 g/mol. The summed E-state index contributed by atoms with van der Waals surface area (Å²) in [7, 11) is 0. The molecule has 2 heterocycles. The van der Waals surface area contributed by atoms with Gasteiger partial charge in [-0.15, -0.1) is 0 Å². The standard InChI is InChI=1S/C85H153NO13/c1-3-5-7-9-11-13-15-17-19-21-23-25-27-29-30-31-32-33-34-35-36-37-38-39-40-41-42-43-44-45-47-49-51-53-55-57-59-61-63-65-67-69-77(90)86-73(72-96-84-82(95)80(93)83(76(71-88)98-84)99-85-81(94)79(92)78(91)75(70-87)97-85)74(89)68-66-64-62-60-58-56-54-52-50-48-46-28-26-24-22-20-18-16-14-12-10-8-6-4-2/h5,7,11,13,17,19,23,25,29-30,58,60,66,68,73-76,78-85,87-89,91-95H,3-4,6,8-10,12,14-16,18,20-22,24,26-28,31-57,59,61-65,67,69-72H2,1-2H3,(H,86,90)/b7-5-,13-11-,19-17-,25-23-,30-29-,60-58+,68-66+. The largest absolute Gasteiger partial charge is 0.394 e. The molecule has 12 unspecified atom stereocenters. The minimum absolute atomic E-state index is 0.243. The summed E-state index contributed by atoms with van der Waals surface area (Å²) in [6.45, 7) is 2.72. The van der Waals surface area contributed by atoms with E-state index in [-0.39, 0.29) is 18.9 Å². The predicted molar refractivity (Wildman–Crippen MR) is 410 cm³/mol. The summed E-state index contributed by atoms with van der Waals surface area (Å²) in [4.78, 5) is 13.4. The van der Waals surface area contributed by atoms with E-state index in [9.17, 15) is 45.6 Å². The van der Waals surface area contributed by atoms with Crippen LogP contribution in [0, 0.1) is 0 Å². The van der Waals surface area contributed by atoms with E-state index in [1.165, 1.54) is 257 Å². The van der Waals surface area contributed by atoms with Crippen molar-refractivity contribution in [2.45, 2.75) is 428 Å². The topological polar surface area (TPSA) is 228 Å². The Morgan fingerprint density at radius 2 is 0.707 bits per heavy atom. The Kier molecular flexibility index (Phi) is 63.6. The van der Waals surface area contributed by atoms with E-state index >= 15 is 0 Å². The first kappa shape index (κ1) is 92.3. The monoisotopic (exact) mass is 1400 g/mol. The van der Waals surface area contributed by atoms with Crippen molar-refractivity contribution in [3.8, 4) is 0 Å². The molecular weight excluding hydrogens is 1240 g/mol. The lowest BCUT2D eigenvalue weighted by atomic mass is 9.97. The fraction of sp³-hybridized carbons (Fsp3) is 0.824. The molecule has 2 saturated heterocycles. The Labute approximate surface area is 605 Å². The molecule has 1 amide bonds. The smallest absolute Gasteiger partial charge is 0.220 e. The first-order valence-corrected chi connectivity index (χ1v) is 41.3. The summed E-state index contributed by atoms with van der Waals surface area (Å²) in [5.41, 5.74) is 0. The third-order valence-corrected chi connectivity index (χ3v) is 19.8. The molecule has 99 heavy (non-hydrogen) atoms. The number of nitrogens with one attached hydrogen (secondary N) is 1. The zero-order valence-electron chi connectivity index (χ0n) is 63.2. The number of hydrogen-bond donors (Lipinski definition) is 9. The van der Waals surface area contributed by atoms with Gasteiger partial charge in [-0.3, -0.25) is 4.79 Å². The maximum absolute atomic E-state index is 13.4. The lowest BCUT2D eigenvalue weighted by Crippen LogP contribution is -2.65. The molecule has 576 valence electrons. The summed E-state index contributed by atoms with van der Waals surface area (Å²) >= 11 is 0. The first-order valence-electron chi connectivity index (χ1n) is 41.3. The lowest BCUT2D eigenvalue weighted by Gasteiger charge is -2.46. The van der Waals surface area contributed by atoms with Crippen molar-refractivity contribution in [1.29, 1.82) is 0 Å². The second-order valence-corrected chi connectivity index (χ2v) is 28.9. The molecule has 14 heteroatoms. The molecule has 12 atom stereocenters. The van der Waals surface area contributed by atoms with Crippen LogP contribution in [-0.4, -0.2) is 140 Å². The van der Waals surface area contributed by atoms with Crippen LogP contribution in [0.5, 0.6) is 0 Å². The van der Waals surface area contributed by atoms with E-state index in [1.807, 2.05) is 6.08 Å². The number of rotatable bonds is 69. The van der Waals surface area contributed by atoms with Gasteiger partial charge in [0.15, 0.2) is 12.6 Å². The van der Waals surface area contributed by atoms with Crippen molar-refractivity contribution in [3.05, 3.63) is 85.1 Å². The van der Waals surface area contributed by atoms with Crippen LogP contribution in [0.15, 0.2) is 85.1 Å². The van der Waals surface area contributed by atoms with E-state index in [0.717, 1.165) is 64.2 Å². The van der Waals surface area contributed by atoms with Crippen molar-refractivity contribution >= 4 is 5.91 Å². The highest BCUT2D eigenvalue weighted by atomic mass is 16.7. The minimum atomic E-state index is -1.79.